The molecule has 2 rings (SSSR count). The average molecular weight is 356 g/mol. The van der Waals surface area contributed by atoms with E-state index in [-0.39, 0.29) is 0 Å². The molecule has 144 valence electrons. The minimum atomic E-state index is 0.589. The minimum absolute atomic E-state index is 0.589. The molecule has 26 heavy (non-hydrogen) atoms. The quantitative estimate of drug-likeness (QED) is 0.289. The molecule has 0 aliphatic rings. The van der Waals surface area contributed by atoms with Crippen LogP contribution in [-0.4, -0.2) is 4.98 Å². The van der Waals surface area contributed by atoms with Gasteiger partial charge in [0.05, 0.1) is 0 Å². The summed E-state index contributed by atoms with van der Waals surface area (Å²) in [7, 11) is 0. The van der Waals surface area contributed by atoms with Crippen LogP contribution >= 0.6 is 0 Å². The summed E-state index contributed by atoms with van der Waals surface area (Å²) in [5.41, 5.74) is 1.45. The van der Waals surface area contributed by atoms with Gasteiger partial charge >= 0.3 is 0 Å². The van der Waals surface area contributed by atoms with Crippen LogP contribution in [0.25, 0.3) is 0 Å². The van der Waals surface area contributed by atoms with Gasteiger partial charge in [-0.2, -0.15) is 0 Å². The Labute approximate surface area is 161 Å². The first-order valence-corrected chi connectivity index (χ1v) is 10.9. The fourth-order valence-corrected chi connectivity index (χ4v) is 4.02. The number of nitrogens with zero attached hydrogens (tertiary/aromatic N) is 1. The molecule has 0 aliphatic carbocycles. The molecule has 1 aromatic heterocycles. The van der Waals surface area contributed by atoms with Gasteiger partial charge in [0.25, 0.3) is 0 Å². The van der Waals surface area contributed by atoms with Gasteiger partial charge in [0, 0.05) is 5.92 Å². The van der Waals surface area contributed by atoms with Crippen molar-refractivity contribution in [2.24, 2.45) is 5.92 Å². The van der Waals surface area contributed by atoms with Gasteiger partial charge in [-0.15, -0.1) is 0 Å². The Hall–Kier alpha value is -1.57. The number of imidazole rings is 1. The second kappa shape index (κ2) is 12.7. The molecule has 2 unspecified atom stereocenters. The highest BCUT2D eigenvalue weighted by molar-refractivity contribution is 5.15. The van der Waals surface area contributed by atoms with Gasteiger partial charge in [0.2, 0.25) is 6.33 Å². The molecule has 0 bridgehead atoms. The highest BCUT2D eigenvalue weighted by Crippen LogP contribution is 2.23. The van der Waals surface area contributed by atoms with Gasteiger partial charge in [-0.05, 0) is 24.8 Å². The van der Waals surface area contributed by atoms with Crippen molar-refractivity contribution < 1.29 is 4.57 Å². The molecule has 1 N–H and O–H groups in total. The predicted octanol–water partition coefficient (Wildman–Crippen LogP) is 6.64. The average Bonchev–Trinajstić information content (AvgIpc) is 3.18. The van der Waals surface area contributed by atoms with Crippen LogP contribution in [-0.2, 0) is 6.42 Å². The zero-order valence-electron chi connectivity index (χ0n) is 17.0. The Bertz CT molecular complexity index is 547. The Morgan fingerprint density at radius 3 is 2.15 bits per heavy atom. The number of rotatable bonds is 14. The van der Waals surface area contributed by atoms with E-state index in [1.165, 1.54) is 69.8 Å². The van der Waals surface area contributed by atoms with E-state index in [2.05, 4.69) is 66.3 Å². The van der Waals surface area contributed by atoms with E-state index in [1.807, 2.05) is 6.20 Å². The van der Waals surface area contributed by atoms with Crippen molar-refractivity contribution >= 4 is 0 Å². The van der Waals surface area contributed by atoms with E-state index in [4.69, 9.17) is 0 Å². The molecule has 2 aromatic rings. The second-order valence-electron chi connectivity index (χ2n) is 7.91. The monoisotopic (exact) mass is 355 g/mol. The molecule has 0 saturated heterocycles. The van der Waals surface area contributed by atoms with Crippen molar-refractivity contribution in [3.63, 3.8) is 0 Å². The third-order valence-electron chi connectivity index (χ3n) is 5.61. The molecule has 0 amide bonds. The summed E-state index contributed by atoms with van der Waals surface area (Å²) >= 11 is 0. The SMILES string of the molecule is CCCCCCCCCCCC(C(C)Cc1ccccc1)[n+]1cc[nH]c1. The first kappa shape index (κ1) is 20.7. The molecule has 0 aliphatic heterocycles. The summed E-state index contributed by atoms with van der Waals surface area (Å²) in [6, 6.07) is 11.5. The lowest BCUT2D eigenvalue weighted by atomic mass is 9.90. The van der Waals surface area contributed by atoms with E-state index < -0.39 is 0 Å². The number of hydrogen-bond donors (Lipinski definition) is 1. The van der Waals surface area contributed by atoms with Crippen molar-refractivity contribution in [1.29, 1.82) is 0 Å². The molecule has 0 radical (unpaired) electrons. The van der Waals surface area contributed by atoms with E-state index in [9.17, 15) is 0 Å². The molecular formula is C24H39N2+. The summed E-state index contributed by atoms with van der Waals surface area (Å²) < 4.78 is 2.39. The largest absolute Gasteiger partial charge is 0.250 e. The summed E-state index contributed by atoms with van der Waals surface area (Å²) in [6.07, 6.45) is 21.4. The molecule has 2 nitrogen and oxygen atoms in total. The standard InChI is InChI=1S/C24H38N2/c1-3-4-5-6-7-8-9-10-14-17-24(26-19-18-25-21-26)22(2)20-23-15-12-11-13-16-23/h11-13,15-16,18-19,21-22,24H,3-10,14,17,20H2,1-2H3/p+1. The lowest BCUT2D eigenvalue weighted by molar-refractivity contribution is -0.729. The molecule has 0 saturated carbocycles. The van der Waals surface area contributed by atoms with Gasteiger partial charge in [0.15, 0.2) is 0 Å². The number of hydrogen-bond acceptors (Lipinski definition) is 0. The third kappa shape index (κ3) is 7.76. The van der Waals surface area contributed by atoms with Gasteiger partial charge in [0.1, 0.15) is 18.4 Å². The number of benzene rings is 1. The highest BCUT2D eigenvalue weighted by atomic mass is 15.1. The zero-order chi connectivity index (χ0) is 18.5. The fraction of sp³-hybridized carbons (Fsp3) is 0.625. The topological polar surface area (TPSA) is 19.7 Å². The van der Waals surface area contributed by atoms with Crippen LogP contribution < -0.4 is 4.57 Å². The highest BCUT2D eigenvalue weighted by Gasteiger charge is 2.23. The minimum Gasteiger partial charge on any atom is -0.250 e. The summed E-state index contributed by atoms with van der Waals surface area (Å²) in [4.78, 5) is 3.23. The van der Waals surface area contributed by atoms with Crippen molar-refractivity contribution in [1.82, 2.24) is 4.98 Å². The van der Waals surface area contributed by atoms with Crippen LogP contribution in [0.4, 0.5) is 0 Å². The van der Waals surface area contributed by atoms with Crippen molar-refractivity contribution in [2.45, 2.75) is 90.5 Å². The van der Waals surface area contributed by atoms with Gasteiger partial charge < -0.3 is 0 Å². The third-order valence-corrected chi connectivity index (χ3v) is 5.61. The number of aromatic nitrogens is 2. The normalized spacial score (nSPS) is 13.6. The molecule has 0 spiro atoms. The summed E-state index contributed by atoms with van der Waals surface area (Å²) in [5.74, 6) is 0.646. The smallest absolute Gasteiger partial charge is 0.241 e. The summed E-state index contributed by atoms with van der Waals surface area (Å²) in [6.45, 7) is 4.70. The maximum Gasteiger partial charge on any atom is 0.241 e. The van der Waals surface area contributed by atoms with E-state index >= 15 is 0 Å². The lowest BCUT2D eigenvalue weighted by Crippen LogP contribution is -2.41. The van der Waals surface area contributed by atoms with Crippen molar-refractivity contribution in [2.75, 3.05) is 0 Å². The molecule has 1 aromatic carbocycles. The number of nitrogens with one attached hydrogen (secondary N) is 1. The summed E-state index contributed by atoms with van der Waals surface area (Å²) in [5, 5.41) is 0. The number of H-pyrrole nitrogens is 1. The van der Waals surface area contributed by atoms with Gasteiger partial charge in [-0.3, -0.25) is 4.98 Å². The predicted molar refractivity (Wildman–Crippen MR) is 111 cm³/mol. The Morgan fingerprint density at radius 1 is 0.885 bits per heavy atom. The van der Waals surface area contributed by atoms with Crippen LogP contribution in [0.15, 0.2) is 49.1 Å². The van der Waals surface area contributed by atoms with Crippen LogP contribution in [0, 0.1) is 5.92 Å². The zero-order valence-corrected chi connectivity index (χ0v) is 17.0. The van der Waals surface area contributed by atoms with E-state index in [0.717, 1.165) is 6.42 Å². The fourth-order valence-electron chi connectivity index (χ4n) is 4.02. The second-order valence-corrected chi connectivity index (χ2v) is 7.91. The van der Waals surface area contributed by atoms with E-state index in [1.54, 1.807) is 0 Å². The Balaban J connectivity index is 1.72. The van der Waals surface area contributed by atoms with Crippen LogP contribution in [0.3, 0.4) is 0 Å². The number of aromatic amines is 1. The van der Waals surface area contributed by atoms with Crippen molar-refractivity contribution in [3.05, 3.63) is 54.6 Å². The maximum atomic E-state index is 3.23. The molecule has 0 fully saturated rings. The number of unbranched alkanes of at least 4 members (excludes halogenated alkanes) is 8. The molecule has 2 atom stereocenters. The van der Waals surface area contributed by atoms with Gasteiger partial charge in [-0.1, -0.05) is 95.5 Å². The van der Waals surface area contributed by atoms with Crippen molar-refractivity contribution in [3.8, 4) is 0 Å². The van der Waals surface area contributed by atoms with Crippen LogP contribution in [0.1, 0.15) is 89.7 Å². The van der Waals surface area contributed by atoms with Gasteiger partial charge in [-0.25, -0.2) is 4.57 Å². The van der Waals surface area contributed by atoms with Crippen LogP contribution in [0.5, 0.6) is 0 Å². The Kier molecular flexibility index (Phi) is 10.2. The van der Waals surface area contributed by atoms with Crippen LogP contribution in [0.2, 0.25) is 0 Å². The first-order valence-electron chi connectivity index (χ1n) is 10.9. The molecule has 1 heterocycles. The maximum absolute atomic E-state index is 3.23. The molecule has 2 heteroatoms. The van der Waals surface area contributed by atoms with E-state index in [0.29, 0.717) is 12.0 Å². The first-order chi connectivity index (χ1) is 12.8. The lowest BCUT2D eigenvalue weighted by Gasteiger charge is -2.21. The molecular weight excluding hydrogens is 316 g/mol. The Morgan fingerprint density at radius 2 is 1.54 bits per heavy atom.